The summed E-state index contributed by atoms with van der Waals surface area (Å²) in [4.78, 5) is 25.2. The average molecular weight is 383 g/mol. The van der Waals surface area contributed by atoms with E-state index in [4.69, 9.17) is 4.74 Å². The fraction of sp³-hybridized carbons (Fsp3) is 0.278. The van der Waals surface area contributed by atoms with Crippen molar-refractivity contribution >= 4 is 28.2 Å². The quantitative estimate of drug-likeness (QED) is 0.657. The first kappa shape index (κ1) is 17.3. The van der Waals surface area contributed by atoms with Crippen LogP contribution in [0.3, 0.4) is 0 Å². The Morgan fingerprint density at radius 1 is 1.37 bits per heavy atom. The lowest BCUT2D eigenvalue weighted by Gasteiger charge is -2.09. The second-order valence-corrected chi connectivity index (χ2v) is 7.03. The van der Waals surface area contributed by atoms with Crippen LogP contribution in [0.5, 0.6) is 0 Å². The van der Waals surface area contributed by atoms with Crippen molar-refractivity contribution in [2.75, 3.05) is 11.9 Å². The number of rotatable bonds is 6. The molecule has 138 valence electrons. The minimum Gasteiger partial charge on any atom is -0.462 e. The molecule has 1 saturated carbocycles. The van der Waals surface area contributed by atoms with E-state index in [0.717, 1.165) is 18.4 Å². The van der Waals surface area contributed by atoms with Crippen molar-refractivity contribution in [1.29, 1.82) is 0 Å². The molecule has 0 unspecified atom stereocenters. The Balaban J connectivity index is 1.60. The fourth-order valence-electron chi connectivity index (χ4n) is 2.82. The van der Waals surface area contributed by atoms with Crippen LogP contribution in [0.25, 0.3) is 5.69 Å². The number of carbonyl (C=O) groups is 2. The van der Waals surface area contributed by atoms with Gasteiger partial charge in [0.15, 0.2) is 0 Å². The summed E-state index contributed by atoms with van der Waals surface area (Å²) >= 11 is 1.35. The number of nitrogens with one attached hydrogen (secondary N) is 1. The van der Waals surface area contributed by atoms with Gasteiger partial charge in [-0.2, -0.15) is 0 Å². The first-order chi connectivity index (χ1) is 13.2. The van der Waals surface area contributed by atoms with Gasteiger partial charge in [0.05, 0.1) is 17.9 Å². The minimum absolute atomic E-state index is 0.292. The van der Waals surface area contributed by atoms with E-state index < -0.39 is 5.97 Å². The third-order valence-electron chi connectivity index (χ3n) is 4.27. The molecule has 1 aliphatic carbocycles. The molecule has 1 aromatic carbocycles. The van der Waals surface area contributed by atoms with Gasteiger partial charge in [-0.15, -0.1) is 16.4 Å². The topological polar surface area (TPSA) is 99.0 Å². The maximum atomic E-state index is 12.7. The zero-order valence-corrected chi connectivity index (χ0v) is 15.4. The highest BCUT2D eigenvalue weighted by atomic mass is 32.1. The lowest BCUT2D eigenvalue weighted by molar-refractivity contribution is 0.0527. The summed E-state index contributed by atoms with van der Waals surface area (Å²) in [5.74, 6) is -0.312. The average Bonchev–Trinajstić information content (AvgIpc) is 3.20. The molecule has 1 N–H and O–H groups in total. The predicted molar refractivity (Wildman–Crippen MR) is 99.4 cm³/mol. The summed E-state index contributed by atoms with van der Waals surface area (Å²) in [7, 11) is 0. The SMILES string of the molecule is CCOC(=O)c1c(C2CC2)csc1NC(=O)c1cccc(-n2cnnn2)c1. The number of nitrogens with zero attached hydrogens (tertiary/aromatic N) is 4. The number of ether oxygens (including phenoxy) is 1. The Morgan fingerprint density at radius 3 is 2.93 bits per heavy atom. The number of aromatic nitrogens is 4. The summed E-state index contributed by atoms with van der Waals surface area (Å²) in [5, 5.41) is 16.3. The lowest BCUT2D eigenvalue weighted by Crippen LogP contribution is -2.15. The van der Waals surface area contributed by atoms with Crippen LogP contribution < -0.4 is 5.32 Å². The Morgan fingerprint density at radius 2 is 2.22 bits per heavy atom. The van der Waals surface area contributed by atoms with Crippen molar-refractivity contribution < 1.29 is 14.3 Å². The Labute approximate surface area is 159 Å². The predicted octanol–water partition coefficient (Wildman–Crippen LogP) is 3.03. The number of hydrogen-bond acceptors (Lipinski definition) is 7. The third-order valence-corrected chi connectivity index (χ3v) is 5.18. The minimum atomic E-state index is -0.390. The van der Waals surface area contributed by atoms with Gasteiger partial charge >= 0.3 is 5.97 Å². The number of amides is 1. The molecule has 1 amide bonds. The maximum Gasteiger partial charge on any atom is 0.341 e. The summed E-state index contributed by atoms with van der Waals surface area (Å²) in [6, 6.07) is 6.93. The number of benzene rings is 1. The van der Waals surface area contributed by atoms with Gasteiger partial charge in [0.25, 0.3) is 5.91 Å². The molecule has 9 heteroatoms. The molecular weight excluding hydrogens is 366 g/mol. The van der Waals surface area contributed by atoms with Gasteiger partial charge < -0.3 is 10.1 Å². The summed E-state index contributed by atoms with van der Waals surface area (Å²) in [6.45, 7) is 2.06. The highest BCUT2D eigenvalue weighted by Gasteiger charge is 2.32. The molecule has 0 bridgehead atoms. The molecule has 2 heterocycles. The van der Waals surface area contributed by atoms with E-state index in [-0.39, 0.29) is 5.91 Å². The van der Waals surface area contributed by atoms with Crippen molar-refractivity contribution in [3.63, 3.8) is 0 Å². The van der Waals surface area contributed by atoms with Gasteiger partial charge in [0, 0.05) is 5.56 Å². The van der Waals surface area contributed by atoms with Crippen LogP contribution in [0.15, 0.2) is 36.0 Å². The molecule has 1 aliphatic rings. The second kappa shape index (κ2) is 7.28. The molecule has 3 aromatic rings. The van der Waals surface area contributed by atoms with E-state index in [1.165, 1.54) is 22.3 Å². The molecule has 0 saturated heterocycles. The van der Waals surface area contributed by atoms with Crippen molar-refractivity contribution in [3.05, 3.63) is 52.7 Å². The molecule has 2 aromatic heterocycles. The molecule has 0 aliphatic heterocycles. The molecule has 27 heavy (non-hydrogen) atoms. The standard InChI is InChI=1S/C18H17N5O3S/c1-2-26-18(25)15-14(11-6-7-11)9-27-17(15)20-16(24)12-4-3-5-13(8-12)23-10-19-21-22-23/h3-5,8-11H,2,6-7H2,1H3,(H,20,24). The van der Waals surface area contributed by atoms with Crippen LogP contribution in [0.2, 0.25) is 0 Å². The molecule has 8 nitrogen and oxygen atoms in total. The molecule has 0 spiro atoms. The zero-order chi connectivity index (χ0) is 18.8. The number of esters is 1. The first-order valence-corrected chi connectivity index (χ1v) is 9.48. The Hall–Kier alpha value is -3.07. The summed E-state index contributed by atoms with van der Waals surface area (Å²) in [6.07, 6.45) is 3.58. The van der Waals surface area contributed by atoms with Crippen molar-refractivity contribution in [1.82, 2.24) is 20.2 Å². The highest BCUT2D eigenvalue weighted by Crippen LogP contribution is 2.46. The van der Waals surface area contributed by atoms with E-state index >= 15 is 0 Å². The van der Waals surface area contributed by atoms with E-state index in [1.807, 2.05) is 5.38 Å². The van der Waals surface area contributed by atoms with Gasteiger partial charge in [-0.1, -0.05) is 6.07 Å². The molecule has 0 radical (unpaired) electrons. The van der Waals surface area contributed by atoms with Crippen molar-refractivity contribution in [2.45, 2.75) is 25.7 Å². The number of anilines is 1. The van der Waals surface area contributed by atoms with Crippen LogP contribution in [-0.2, 0) is 4.74 Å². The molecule has 0 atom stereocenters. The normalized spacial score (nSPS) is 13.4. The van der Waals surface area contributed by atoms with Crippen LogP contribution in [0.4, 0.5) is 5.00 Å². The molecule has 1 fully saturated rings. The largest absolute Gasteiger partial charge is 0.462 e. The van der Waals surface area contributed by atoms with E-state index in [2.05, 4.69) is 20.8 Å². The van der Waals surface area contributed by atoms with Crippen LogP contribution in [0.1, 0.15) is 52.0 Å². The van der Waals surface area contributed by atoms with Crippen molar-refractivity contribution in [2.24, 2.45) is 0 Å². The Kier molecular flexibility index (Phi) is 4.68. The lowest BCUT2D eigenvalue weighted by atomic mass is 10.1. The monoisotopic (exact) mass is 383 g/mol. The highest BCUT2D eigenvalue weighted by molar-refractivity contribution is 7.15. The zero-order valence-electron chi connectivity index (χ0n) is 14.6. The molecule has 4 rings (SSSR count). The maximum absolute atomic E-state index is 12.7. The van der Waals surface area contributed by atoms with Crippen LogP contribution in [0, 0.1) is 0 Å². The summed E-state index contributed by atoms with van der Waals surface area (Å²) in [5.41, 5.74) is 2.56. The number of carbonyl (C=O) groups excluding carboxylic acids is 2. The van der Waals surface area contributed by atoms with E-state index in [1.54, 1.807) is 31.2 Å². The second-order valence-electron chi connectivity index (χ2n) is 6.15. The van der Waals surface area contributed by atoms with Gasteiger partial charge in [-0.25, -0.2) is 9.48 Å². The first-order valence-electron chi connectivity index (χ1n) is 8.60. The summed E-state index contributed by atoms with van der Waals surface area (Å²) < 4.78 is 6.66. The smallest absolute Gasteiger partial charge is 0.341 e. The number of tetrazole rings is 1. The number of thiophene rings is 1. The Bertz CT molecular complexity index is 979. The molecular formula is C18H17N5O3S. The van der Waals surface area contributed by atoms with Crippen LogP contribution in [-0.4, -0.2) is 38.7 Å². The van der Waals surface area contributed by atoms with Gasteiger partial charge in [0.2, 0.25) is 0 Å². The van der Waals surface area contributed by atoms with E-state index in [0.29, 0.717) is 34.3 Å². The van der Waals surface area contributed by atoms with Crippen LogP contribution >= 0.6 is 11.3 Å². The third kappa shape index (κ3) is 3.59. The number of hydrogen-bond donors (Lipinski definition) is 1. The van der Waals surface area contributed by atoms with E-state index in [9.17, 15) is 9.59 Å². The van der Waals surface area contributed by atoms with Gasteiger partial charge in [0.1, 0.15) is 11.3 Å². The van der Waals surface area contributed by atoms with Gasteiger partial charge in [-0.05, 0) is 65.3 Å². The fourth-order valence-corrected chi connectivity index (χ4v) is 3.84. The van der Waals surface area contributed by atoms with Crippen molar-refractivity contribution in [3.8, 4) is 5.69 Å². The van der Waals surface area contributed by atoms with Gasteiger partial charge in [-0.3, -0.25) is 4.79 Å².